The highest BCUT2D eigenvalue weighted by atomic mass is 16.5. The van der Waals surface area contributed by atoms with E-state index in [2.05, 4.69) is 0 Å². The third kappa shape index (κ3) is 5.38. The van der Waals surface area contributed by atoms with Crippen molar-refractivity contribution in [3.05, 3.63) is 70.8 Å². The Morgan fingerprint density at radius 3 is 1.28 bits per heavy atom. The van der Waals surface area contributed by atoms with E-state index in [4.69, 9.17) is 18.9 Å². The fourth-order valence-electron chi connectivity index (χ4n) is 3.70. The molecule has 3 aromatic carbocycles. The first-order chi connectivity index (χ1) is 15.5. The number of aryl methyl sites for hydroxylation is 4. The molecule has 0 aromatic heterocycles. The van der Waals surface area contributed by atoms with Crippen molar-refractivity contribution >= 4 is 0 Å². The molecule has 0 spiro atoms. The number of benzene rings is 3. The molecule has 0 radical (unpaired) electrons. The molecule has 0 aliphatic heterocycles. The number of rotatable bonds is 10. The number of phenolic OH excluding ortho intramolecular Hbond substituents is 2. The lowest BCUT2D eigenvalue weighted by Crippen LogP contribution is -1.98. The van der Waals surface area contributed by atoms with Gasteiger partial charge in [-0.15, -0.1) is 0 Å². The van der Waals surface area contributed by atoms with Crippen molar-refractivity contribution < 1.29 is 29.2 Å². The van der Waals surface area contributed by atoms with Crippen LogP contribution in [0, 0.1) is 0 Å². The standard InChI is InChI=1S/C26H30O6/c1-29-23-11-7-17(13-25(23)31-3)5-9-19-15-20(22(28)16-21(19)27)10-6-18-8-12-24(30-2)26(14-18)32-4/h7-8,11-16,27-28H,5-6,9-10H2,1-4H3. The number of ether oxygens (including phenoxy) is 4. The molecule has 0 atom stereocenters. The van der Waals surface area contributed by atoms with Crippen LogP contribution in [-0.4, -0.2) is 38.7 Å². The summed E-state index contributed by atoms with van der Waals surface area (Å²) in [7, 11) is 6.43. The molecule has 0 saturated heterocycles. The van der Waals surface area contributed by atoms with Crippen LogP contribution in [0.25, 0.3) is 0 Å². The smallest absolute Gasteiger partial charge is 0.160 e. The zero-order valence-electron chi connectivity index (χ0n) is 19.0. The van der Waals surface area contributed by atoms with Gasteiger partial charge in [0.15, 0.2) is 23.0 Å². The van der Waals surface area contributed by atoms with Crippen LogP contribution in [0.4, 0.5) is 0 Å². The summed E-state index contributed by atoms with van der Waals surface area (Å²) in [4.78, 5) is 0. The van der Waals surface area contributed by atoms with Crippen LogP contribution < -0.4 is 18.9 Å². The predicted molar refractivity (Wildman–Crippen MR) is 124 cm³/mol. The molecule has 0 unspecified atom stereocenters. The Morgan fingerprint density at radius 2 is 0.906 bits per heavy atom. The maximum Gasteiger partial charge on any atom is 0.160 e. The van der Waals surface area contributed by atoms with Crippen molar-refractivity contribution in [1.29, 1.82) is 0 Å². The predicted octanol–water partition coefficient (Wildman–Crippen LogP) is 4.70. The molecule has 0 bridgehead atoms. The van der Waals surface area contributed by atoms with Crippen LogP contribution in [0.15, 0.2) is 48.5 Å². The Bertz CT molecular complexity index is 980. The Hall–Kier alpha value is -3.54. The Labute approximate surface area is 189 Å². The molecule has 0 saturated carbocycles. The van der Waals surface area contributed by atoms with Crippen LogP contribution in [-0.2, 0) is 25.7 Å². The van der Waals surface area contributed by atoms with Crippen molar-refractivity contribution in [1.82, 2.24) is 0 Å². The second-order valence-electron chi connectivity index (χ2n) is 7.49. The molecule has 0 fully saturated rings. The zero-order chi connectivity index (χ0) is 23.1. The number of methoxy groups -OCH3 is 4. The number of phenols is 2. The maximum absolute atomic E-state index is 10.4. The molecule has 6 heteroatoms. The van der Waals surface area contributed by atoms with Crippen molar-refractivity contribution in [2.75, 3.05) is 28.4 Å². The van der Waals surface area contributed by atoms with Gasteiger partial charge in [0.05, 0.1) is 28.4 Å². The first-order valence-corrected chi connectivity index (χ1v) is 10.4. The minimum Gasteiger partial charge on any atom is -0.508 e. The monoisotopic (exact) mass is 438 g/mol. The molecule has 3 aromatic rings. The van der Waals surface area contributed by atoms with Gasteiger partial charge in [0.2, 0.25) is 0 Å². The summed E-state index contributed by atoms with van der Waals surface area (Å²) in [5, 5.41) is 20.7. The van der Waals surface area contributed by atoms with Crippen LogP contribution in [0.3, 0.4) is 0 Å². The summed E-state index contributed by atoms with van der Waals surface area (Å²) in [6, 6.07) is 14.9. The fraction of sp³-hybridized carbons (Fsp3) is 0.308. The van der Waals surface area contributed by atoms with Gasteiger partial charge < -0.3 is 29.2 Å². The Morgan fingerprint density at radius 1 is 0.500 bits per heavy atom. The van der Waals surface area contributed by atoms with E-state index in [1.54, 1.807) is 28.4 Å². The topological polar surface area (TPSA) is 77.4 Å². The zero-order valence-corrected chi connectivity index (χ0v) is 19.0. The van der Waals surface area contributed by atoms with E-state index in [-0.39, 0.29) is 11.5 Å². The van der Waals surface area contributed by atoms with Crippen LogP contribution >= 0.6 is 0 Å². The lowest BCUT2D eigenvalue weighted by atomic mass is 9.97. The lowest BCUT2D eigenvalue weighted by Gasteiger charge is -2.13. The van der Waals surface area contributed by atoms with Gasteiger partial charge in [-0.25, -0.2) is 0 Å². The van der Waals surface area contributed by atoms with Gasteiger partial charge in [0.25, 0.3) is 0 Å². The molecule has 0 aliphatic carbocycles. The number of hydrogen-bond acceptors (Lipinski definition) is 6. The second-order valence-corrected chi connectivity index (χ2v) is 7.49. The first kappa shape index (κ1) is 23.1. The van der Waals surface area contributed by atoms with Crippen molar-refractivity contribution in [2.45, 2.75) is 25.7 Å². The van der Waals surface area contributed by atoms with Crippen molar-refractivity contribution in [2.24, 2.45) is 0 Å². The molecule has 32 heavy (non-hydrogen) atoms. The summed E-state index contributed by atoms with van der Waals surface area (Å²) >= 11 is 0. The molecular formula is C26H30O6. The van der Waals surface area contributed by atoms with E-state index in [1.807, 2.05) is 42.5 Å². The highest BCUT2D eigenvalue weighted by molar-refractivity contribution is 5.48. The molecule has 3 rings (SSSR count). The third-order valence-electron chi connectivity index (χ3n) is 5.54. The summed E-state index contributed by atoms with van der Waals surface area (Å²) in [6.07, 6.45) is 2.69. The van der Waals surface area contributed by atoms with E-state index < -0.39 is 0 Å². The first-order valence-electron chi connectivity index (χ1n) is 10.4. The summed E-state index contributed by atoms with van der Waals surface area (Å²) < 4.78 is 21.3. The van der Waals surface area contributed by atoms with E-state index in [1.165, 1.54) is 6.07 Å². The maximum atomic E-state index is 10.4. The Kier molecular flexibility index (Phi) is 7.71. The molecule has 6 nitrogen and oxygen atoms in total. The van der Waals surface area contributed by atoms with Gasteiger partial charge >= 0.3 is 0 Å². The van der Waals surface area contributed by atoms with E-state index >= 15 is 0 Å². The van der Waals surface area contributed by atoms with E-state index in [0.29, 0.717) is 48.7 Å². The van der Waals surface area contributed by atoms with Gasteiger partial charge in [-0.3, -0.25) is 0 Å². The number of hydrogen-bond donors (Lipinski definition) is 2. The normalized spacial score (nSPS) is 10.6. The number of aromatic hydroxyl groups is 2. The van der Waals surface area contributed by atoms with Gasteiger partial charge in [-0.1, -0.05) is 12.1 Å². The Balaban J connectivity index is 1.72. The van der Waals surface area contributed by atoms with Crippen molar-refractivity contribution in [3.63, 3.8) is 0 Å². The minimum absolute atomic E-state index is 0.0952. The second kappa shape index (κ2) is 10.7. The van der Waals surface area contributed by atoms with Gasteiger partial charge in [-0.05, 0) is 78.3 Å². The quantitative estimate of drug-likeness (QED) is 0.478. The minimum atomic E-state index is 0.0952. The van der Waals surface area contributed by atoms with E-state index in [9.17, 15) is 10.2 Å². The third-order valence-corrected chi connectivity index (χ3v) is 5.54. The molecule has 0 amide bonds. The van der Waals surface area contributed by atoms with Crippen LogP contribution in [0.2, 0.25) is 0 Å². The summed E-state index contributed by atoms with van der Waals surface area (Å²) in [5.41, 5.74) is 3.73. The molecule has 2 N–H and O–H groups in total. The summed E-state index contributed by atoms with van der Waals surface area (Å²) in [5.74, 6) is 2.91. The molecule has 170 valence electrons. The van der Waals surface area contributed by atoms with Gasteiger partial charge in [0.1, 0.15) is 11.5 Å². The fourth-order valence-corrected chi connectivity index (χ4v) is 3.70. The molecule has 0 aliphatic rings. The lowest BCUT2D eigenvalue weighted by molar-refractivity contribution is 0.354. The van der Waals surface area contributed by atoms with Crippen molar-refractivity contribution in [3.8, 4) is 34.5 Å². The summed E-state index contributed by atoms with van der Waals surface area (Å²) in [6.45, 7) is 0. The molecular weight excluding hydrogens is 408 g/mol. The highest BCUT2D eigenvalue weighted by Gasteiger charge is 2.12. The highest BCUT2D eigenvalue weighted by Crippen LogP contribution is 2.32. The van der Waals surface area contributed by atoms with E-state index in [0.717, 1.165) is 22.3 Å². The average Bonchev–Trinajstić information content (AvgIpc) is 2.82. The largest absolute Gasteiger partial charge is 0.508 e. The SMILES string of the molecule is COc1ccc(CCc2cc(CCc3ccc(OC)c(OC)c3)c(O)cc2O)cc1OC. The van der Waals surface area contributed by atoms with Gasteiger partial charge in [-0.2, -0.15) is 0 Å². The average molecular weight is 439 g/mol. The van der Waals surface area contributed by atoms with Crippen LogP contribution in [0.1, 0.15) is 22.3 Å². The van der Waals surface area contributed by atoms with Crippen LogP contribution in [0.5, 0.6) is 34.5 Å². The van der Waals surface area contributed by atoms with Gasteiger partial charge in [0, 0.05) is 6.07 Å². The molecule has 0 heterocycles.